The summed E-state index contributed by atoms with van der Waals surface area (Å²) in [5, 5.41) is 0. The average Bonchev–Trinajstić information content (AvgIpc) is 2.12. The van der Waals surface area contributed by atoms with E-state index < -0.39 is 11.8 Å². The van der Waals surface area contributed by atoms with Crippen LogP contribution in [-0.4, -0.2) is 18.9 Å². The minimum absolute atomic E-state index is 0.695. The Kier molecular flexibility index (Phi) is 5.78. The summed E-state index contributed by atoms with van der Waals surface area (Å²) in [4.78, 5) is 10.8. The number of carbonyl (C=O) groups is 1. The maximum absolute atomic E-state index is 10.8. The molecule has 0 radical (unpaired) electrons. The second kappa shape index (κ2) is 6.31. The van der Waals surface area contributed by atoms with Gasteiger partial charge in [-0.2, -0.15) is 0 Å². The van der Waals surface area contributed by atoms with E-state index in [-0.39, 0.29) is 0 Å². The Hall–Kier alpha value is -1.17. The van der Waals surface area contributed by atoms with Gasteiger partial charge in [-0.3, -0.25) is 0 Å². The molecule has 0 aromatic heterocycles. The van der Waals surface area contributed by atoms with Crippen LogP contribution in [-0.2, 0) is 9.47 Å². The van der Waals surface area contributed by atoms with Gasteiger partial charge >= 0.3 is 6.16 Å². The second-order valence-electron chi connectivity index (χ2n) is 3.47. The smallest absolute Gasteiger partial charge is 0.438 e. The summed E-state index contributed by atoms with van der Waals surface area (Å²) in [5.41, 5.74) is -0.763. The molecule has 0 bridgehead atoms. The van der Waals surface area contributed by atoms with Crippen LogP contribution in [0.3, 0.4) is 0 Å². The van der Waals surface area contributed by atoms with Gasteiger partial charge in [0.15, 0.2) is 5.60 Å². The zero-order valence-electron chi connectivity index (χ0n) is 9.35. The fraction of sp³-hybridized carbons (Fsp3) is 0.727. The Labute approximate surface area is 85.8 Å². The van der Waals surface area contributed by atoms with E-state index in [1.165, 1.54) is 7.11 Å². The first-order valence-electron chi connectivity index (χ1n) is 4.79. The largest absolute Gasteiger partial charge is 0.509 e. The van der Waals surface area contributed by atoms with Crippen LogP contribution in [0.15, 0.2) is 0 Å². The molecule has 3 heteroatoms. The van der Waals surface area contributed by atoms with Gasteiger partial charge in [0.05, 0.1) is 7.11 Å². The van der Waals surface area contributed by atoms with Crippen LogP contribution in [0, 0.1) is 11.8 Å². The average molecular weight is 198 g/mol. The Balaban J connectivity index is 4.02. The molecular weight excluding hydrogens is 180 g/mol. The molecule has 0 saturated carbocycles. The highest BCUT2D eigenvalue weighted by Crippen LogP contribution is 2.08. The van der Waals surface area contributed by atoms with Gasteiger partial charge in [0.25, 0.3) is 0 Å². The molecule has 0 aliphatic heterocycles. The monoisotopic (exact) mass is 198 g/mol. The Bertz CT molecular complexity index is 233. The number of rotatable bonds is 3. The molecule has 0 heterocycles. The molecule has 14 heavy (non-hydrogen) atoms. The molecule has 0 unspecified atom stereocenters. The minimum Gasteiger partial charge on any atom is -0.438 e. The highest BCUT2D eigenvalue weighted by atomic mass is 16.7. The zero-order chi connectivity index (χ0) is 11.0. The first-order valence-corrected chi connectivity index (χ1v) is 4.79. The van der Waals surface area contributed by atoms with Crippen molar-refractivity contribution in [1.29, 1.82) is 0 Å². The summed E-state index contributed by atoms with van der Waals surface area (Å²) >= 11 is 0. The Morgan fingerprint density at radius 3 is 2.57 bits per heavy atom. The van der Waals surface area contributed by atoms with E-state index >= 15 is 0 Å². The fourth-order valence-electron chi connectivity index (χ4n) is 0.816. The summed E-state index contributed by atoms with van der Waals surface area (Å²) in [7, 11) is 1.28. The van der Waals surface area contributed by atoms with E-state index in [4.69, 9.17) is 4.74 Å². The topological polar surface area (TPSA) is 35.5 Å². The van der Waals surface area contributed by atoms with E-state index in [0.29, 0.717) is 0 Å². The third-order valence-electron chi connectivity index (χ3n) is 1.55. The number of unbranched alkanes of at least 4 members (excludes halogenated alkanes) is 2. The van der Waals surface area contributed by atoms with Gasteiger partial charge in [0, 0.05) is 6.42 Å². The quantitative estimate of drug-likeness (QED) is 0.397. The lowest BCUT2D eigenvalue weighted by Crippen LogP contribution is -2.26. The van der Waals surface area contributed by atoms with Crippen LogP contribution < -0.4 is 0 Å². The molecule has 0 aliphatic rings. The minimum atomic E-state index is -0.763. The standard InChI is InChI=1S/C11H18O3/c1-5-6-7-8-9-11(2,3)14-10(12)13-4/h5-7H2,1-4H3. The number of hydrogen-bond acceptors (Lipinski definition) is 3. The van der Waals surface area contributed by atoms with Crippen molar-refractivity contribution in [1.82, 2.24) is 0 Å². The number of carbonyl (C=O) groups excluding carboxylic acids is 1. The molecule has 0 aromatic rings. The van der Waals surface area contributed by atoms with Crippen LogP contribution in [0.2, 0.25) is 0 Å². The lowest BCUT2D eigenvalue weighted by Gasteiger charge is -2.17. The number of hydrogen-bond donors (Lipinski definition) is 0. The van der Waals surface area contributed by atoms with Crippen LogP contribution in [0.1, 0.15) is 40.0 Å². The molecule has 80 valence electrons. The van der Waals surface area contributed by atoms with Gasteiger partial charge in [-0.15, -0.1) is 0 Å². The molecule has 3 nitrogen and oxygen atoms in total. The zero-order valence-corrected chi connectivity index (χ0v) is 9.35. The van der Waals surface area contributed by atoms with Crippen LogP contribution >= 0.6 is 0 Å². The predicted octanol–water partition coefficient (Wildman–Crippen LogP) is 2.74. The SMILES string of the molecule is CCCCC#CC(C)(C)OC(=O)OC. The lowest BCUT2D eigenvalue weighted by atomic mass is 10.1. The summed E-state index contributed by atoms with van der Waals surface area (Å²) in [6, 6.07) is 0. The molecule has 0 saturated heterocycles. The van der Waals surface area contributed by atoms with Crippen molar-refractivity contribution in [3.63, 3.8) is 0 Å². The molecular formula is C11H18O3. The highest BCUT2D eigenvalue weighted by molar-refractivity contribution is 5.60. The van der Waals surface area contributed by atoms with E-state index in [2.05, 4.69) is 23.5 Å². The Morgan fingerprint density at radius 2 is 2.07 bits per heavy atom. The van der Waals surface area contributed by atoms with Crippen molar-refractivity contribution in [2.75, 3.05) is 7.11 Å². The van der Waals surface area contributed by atoms with Crippen LogP contribution in [0.5, 0.6) is 0 Å². The molecule has 0 spiro atoms. The molecule has 0 atom stereocenters. The maximum atomic E-state index is 10.8. The summed E-state index contributed by atoms with van der Waals surface area (Å²) in [5.74, 6) is 5.86. The third kappa shape index (κ3) is 6.36. The van der Waals surface area contributed by atoms with Gasteiger partial charge in [0.1, 0.15) is 0 Å². The molecule has 0 N–H and O–H groups in total. The van der Waals surface area contributed by atoms with Crippen molar-refractivity contribution in [3.05, 3.63) is 0 Å². The maximum Gasteiger partial charge on any atom is 0.509 e. The first-order chi connectivity index (χ1) is 6.52. The molecule has 0 aromatic carbocycles. The molecule has 0 aliphatic carbocycles. The van der Waals surface area contributed by atoms with Crippen LogP contribution in [0.4, 0.5) is 4.79 Å². The number of methoxy groups -OCH3 is 1. The van der Waals surface area contributed by atoms with Gasteiger partial charge in [-0.05, 0) is 20.3 Å². The first kappa shape index (κ1) is 12.8. The third-order valence-corrected chi connectivity index (χ3v) is 1.55. The van der Waals surface area contributed by atoms with E-state index in [0.717, 1.165) is 19.3 Å². The normalized spacial score (nSPS) is 10.0. The molecule has 0 rings (SSSR count). The van der Waals surface area contributed by atoms with Crippen molar-refractivity contribution >= 4 is 6.16 Å². The summed E-state index contributed by atoms with van der Waals surface area (Å²) < 4.78 is 9.32. The van der Waals surface area contributed by atoms with Crippen molar-refractivity contribution in [2.45, 2.75) is 45.6 Å². The van der Waals surface area contributed by atoms with Crippen molar-refractivity contribution in [2.24, 2.45) is 0 Å². The van der Waals surface area contributed by atoms with Gasteiger partial charge in [-0.25, -0.2) is 4.79 Å². The van der Waals surface area contributed by atoms with E-state index in [1.807, 2.05) is 0 Å². The Morgan fingerprint density at radius 1 is 1.43 bits per heavy atom. The molecule has 0 amide bonds. The van der Waals surface area contributed by atoms with Crippen molar-refractivity contribution < 1.29 is 14.3 Å². The van der Waals surface area contributed by atoms with Crippen molar-refractivity contribution in [3.8, 4) is 11.8 Å². The summed E-state index contributed by atoms with van der Waals surface area (Å²) in [6.07, 6.45) is 2.33. The van der Waals surface area contributed by atoms with Gasteiger partial charge in [0.2, 0.25) is 0 Å². The predicted molar refractivity (Wildman–Crippen MR) is 54.9 cm³/mol. The highest BCUT2D eigenvalue weighted by Gasteiger charge is 2.19. The van der Waals surface area contributed by atoms with Gasteiger partial charge < -0.3 is 9.47 Å². The van der Waals surface area contributed by atoms with E-state index in [9.17, 15) is 4.79 Å². The lowest BCUT2D eigenvalue weighted by molar-refractivity contribution is 0.0221. The summed E-state index contributed by atoms with van der Waals surface area (Å²) in [6.45, 7) is 5.59. The van der Waals surface area contributed by atoms with Gasteiger partial charge in [-0.1, -0.05) is 25.2 Å². The number of ether oxygens (including phenoxy) is 2. The molecule has 0 fully saturated rings. The van der Waals surface area contributed by atoms with Crippen LogP contribution in [0.25, 0.3) is 0 Å². The fourth-order valence-corrected chi connectivity index (χ4v) is 0.816. The second-order valence-corrected chi connectivity index (χ2v) is 3.47. The van der Waals surface area contributed by atoms with E-state index in [1.54, 1.807) is 13.8 Å².